The van der Waals surface area contributed by atoms with Gasteiger partial charge >= 0.3 is 5.97 Å². The average molecular weight is 178 g/mol. The van der Waals surface area contributed by atoms with Crippen molar-refractivity contribution < 1.29 is 14.7 Å². The lowest BCUT2D eigenvalue weighted by atomic mass is 9.97. The number of carboxylic acids is 1. The van der Waals surface area contributed by atoms with Gasteiger partial charge in [0, 0.05) is 0 Å². The van der Waals surface area contributed by atoms with Gasteiger partial charge in [0.05, 0.1) is 5.92 Å². The molecule has 0 spiro atoms. The predicted octanol–water partition coefficient (Wildman–Crippen LogP) is 1.44. The molecule has 0 saturated carbocycles. The van der Waals surface area contributed by atoms with Gasteiger partial charge in [-0.2, -0.15) is 0 Å². The number of carbonyl (C=O) groups is 2. The molecule has 3 nitrogen and oxygen atoms in total. The fourth-order valence-electron chi connectivity index (χ4n) is 1.08. The quantitative estimate of drug-likeness (QED) is 0.712. The number of ketones is 1. The van der Waals surface area contributed by atoms with Gasteiger partial charge in [-0.15, -0.1) is 0 Å². The number of hydrogen-bond donors (Lipinski definition) is 1. The van der Waals surface area contributed by atoms with Crippen molar-refractivity contribution in [1.29, 1.82) is 0 Å². The lowest BCUT2D eigenvalue weighted by molar-refractivity contribution is -0.149. The van der Waals surface area contributed by atoms with Crippen LogP contribution in [-0.4, -0.2) is 16.9 Å². The van der Waals surface area contributed by atoms with E-state index in [2.05, 4.69) is 0 Å². The van der Waals surface area contributed by atoms with Crippen LogP contribution >= 0.6 is 0 Å². The SMILES string of the molecule is CC(C(=O)C(=O)O)c1ccccc1. The largest absolute Gasteiger partial charge is 0.475 e. The van der Waals surface area contributed by atoms with Crippen molar-refractivity contribution >= 4 is 11.8 Å². The summed E-state index contributed by atoms with van der Waals surface area (Å²) in [6, 6.07) is 8.86. The molecule has 0 bridgehead atoms. The number of Topliss-reactive ketones (excluding diaryl/α,β-unsaturated/α-hetero) is 1. The van der Waals surface area contributed by atoms with Gasteiger partial charge in [-0.1, -0.05) is 37.3 Å². The van der Waals surface area contributed by atoms with E-state index in [9.17, 15) is 9.59 Å². The summed E-state index contributed by atoms with van der Waals surface area (Å²) in [5, 5.41) is 8.46. The van der Waals surface area contributed by atoms with Crippen molar-refractivity contribution in [2.75, 3.05) is 0 Å². The van der Waals surface area contributed by atoms with Gasteiger partial charge in [-0.25, -0.2) is 4.79 Å². The van der Waals surface area contributed by atoms with E-state index in [4.69, 9.17) is 5.11 Å². The Morgan fingerprint density at radius 1 is 1.23 bits per heavy atom. The van der Waals surface area contributed by atoms with Gasteiger partial charge in [0.15, 0.2) is 0 Å². The average Bonchev–Trinajstić information content (AvgIpc) is 2.17. The Balaban J connectivity index is 2.86. The molecule has 1 aromatic carbocycles. The monoisotopic (exact) mass is 178 g/mol. The number of rotatable bonds is 3. The zero-order valence-corrected chi connectivity index (χ0v) is 7.23. The minimum atomic E-state index is -1.38. The minimum Gasteiger partial charge on any atom is -0.475 e. The molecule has 0 aliphatic carbocycles. The van der Waals surface area contributed by atoms with Crippen LogP contribution in [0.25, 0.3) is 0 Å². The van der Waals surface area contributed by atoms with E-state index in [1.165, 1.54) is 0 Å². The second-order valence-electron chi connectivity index (χ2n) is 2.80. The molecule has 0 aliphatic heterocycles. The van der Waals surface area contributed by atoms with Crippen molar-refractivity contribution in [3.05, 3.63) is 35.9 Å². The number of carboxylic acid groups (broad SMARTS) is 1. The van der Waals surface area contributed by atoms with Gasteiger partial charge in [0.2, 0.25) is 5.78 Å². The zero-order chi connectivity index (χ0) is 9.84. The molecule has 0 fully saturated rings. The van der Waals surface area contributed by atoms with E-state index >= 15 is 0 Å². The minimum absolute atomic E-state index is 0.571. The first-order chi connectivity index (χ1) is 6.13. The molecular weight excluding hydrogens is 168 g/mol. The van der Waals surface area contributed by atoms with Crippen LogP contribution in [0.2, 0.25) is 0 Å². The number of carbonyl (C=O) groups excluding carboxylic acids is 1. The molecule has 1 N–H and O–H groups in total. The highest BCUT2D eigenvalue weighted by Gasteiger charge is 2.21. The molecule has 13 heavy (non-hydrogen) atoms. The fourth-order valence-corrected chi connectivity index (χ4v) is 1.08. The highest BCUT2D eigenvalue weighted by atomic mass is 16.4. The Bertz CT molecular complexity index is 316. The van der Waals surface area contributed by atoms with Crippen LogP contribution in [0.3, 0.4) is 0 Å². The summed E-state index contributed by atoms with van der Waals surface area (Å²) in [6.07, 6.45) is 0. The van der Waals surface area contributed by atoms with Gasteiger partial charge in [-0.05, 0) is 5.56 Å². The van der Waals surface area contributed by atoms with E-state index in [0.717, 1.165) is 5.56 Å². The smallest absolute Gasteiger partial charge is 0.372 e. The summed E-state index contributed by atoms with van der Waals surface area (Å²) in [4.78, 5) is 21.4. The van der Waals surface area contributed by atoms with Gasteiger partial charge < -0.3 is 5.11 Å². The van der Waals surface area contributed by atoms with Gasteiger partial charge in [-0.3, -0.25) is 4.79 Å². The van der Waals surface area contributed by atoms with Crippen LogP contribution in [-0.2, 0) is 9.59 Å². The van der Waals surface area contributed by atoms with Crippen LogP contribution in [0.4, 0.5) is 0 Å². The van der Waals surface area contributed by atoms with Crippen molar-refractivity contribution in [1.82, 2.24) is 0 Å². The lowest BCUT2D eigenvalue weighted by Gasteiger charge is -2.06. The van der Waals surface area contributed by atoms with Crippen molar-refractivity contribution in [3.8, 4) is 0 Å². The molecule has 1 atom stereocenters. The molecule has 0 aromatic heterocycles. The van der Waals surface area contributed by atoms with E-state index in [1.807, 2.05) is 6.07 Å². The Morgan fingerprint density at radius 2 is 1.77 bits per heavy atom. The summed E-state index contributed by atoms with van der Waals surface area (Å²) < 4.78 is 0. The third-order valence-corrected chi connectivity index (χ3v) is 1.90. The molecule has 0 amide bonds. The molecular formula is C10H10O3. The maximum atomic E-state index is 11.0. The molecule has 0 radical (unpaired) electrons. The third kappa shape index (κ3) is 2.15. The Kier molecular flexibility index (Phi) is 2.80. The molecule has 0 heterocycles. The molecule has 68 valence electrons. The van der Waals surface area contributed by atoms with Crippen LogP contribution in [0.5, 0.6) is 0 Å². The Morgan fingerprint density at radius 3 is 2.23 bits per heavy atom. The topological polar surface area (TPSA) is 54.4 Å². The zero-order valence-electron chi connectivity index (χ0n) is 7.23. The summed E-state index contributed by atoms with van der Waals surface area (Å²) in [7, 11) is 0. The van der Waals surface area contributed by atoms with Crippen LogP contribution in [0, 0.1) is 0 Å². The van der Waals surface area contributed by atoms with E-state index in [0.29, 0.717) is 0 Å². The highest BCUT2D eigenvalue weighted by molar-refractivity contribution is 6.34. The molecule has 1 rings (SSSR count). The molecule has 0 saturated heterocycles. The van der Waals surface area contributed by atoms with E-state index < -0.39 is 17.7 Å². The molecule has 1 aromatic rings. The van der Waals surface area contributed by atoms with Crippen molar-refractivity contribution in [2.24, 2.45) is 0 Å². The summed E-state index contributed by atoms with van der Waals surface area (Å²) in [6.45, 7) is 1.59. The molecule has 0 aliphatic rings. The summed E-state index contributed by atoms with van der Waals surface area (Å²) in [5.74, 6) is -2.72. The normalized spacial score (nSPS) is 12.1. The second kappa shape index (κ2) is 3.85. The highest BCUT2D eigenvalue weighted by Crippen LogP contribution is 2.15. The van der Waals surface area contributed by atoms with Gasteiger partial charge in [0.25, 0.3) is 0 Å². The first kappa shape index (κ1) is 9.45. The lowest BCUT2D eigenvalue weighted by Crippen LogP contribution is -2.19. The van der Waals surface area contributed by atoms with E-state index in [-0.39, 0.29) is 0 Å². The Hall–Kier alpha value is -1.64. The maximum absolute atomic E-state index is 11.0. The molecule has 1 unspecified atom stereocenters. The number of benzene rings is 1. The predicted molar refractivity (Wildman–Crippen MR) is 47.5 cm³/mol. The van der Waals surface area contributed by atoms with Crippen LogP contribution in [0.1, 0.15) is 18.4 Å². The number of aliphatic carboxylic acids is 1. The summed E-state index contributed by atoms with van der Waals surface area (Å²) >= 11 is 0. The second-order valence-corrected chi connectivity index (χ2v) is 2.80. The summed E-state index contributed by atoms with van der Waals surface area (Å²) in [5.41, 5.74) is 0.731. The van der Waals surface area contributed by atoms with Crippen LogP contribution < -0.4 is 0 Å². The van der Waals surface area contributed by atoms with Crippen molar-refractivity contribution in [3.63, 3.8) is 0 Å². The van der Waals surface area contributed by atoms with Crippen molar-refractivity contribution in [2.45, 2.75) is 12.8 Å². The fraction of sp³-hybridized carbons (Fsp3) is 0.200. The standard InChI is InChI=1S/C10H10O3/c1-7(9(11)10(12)13)8-5-3-2-4-6-8/h2-7H,1H3,(H,12,13). The number of hydrogen-bond acceptors (Lipinski definition) is 2. The van der Waals surface area contributed by atoms with E-state index in [1.54, 1.807) is 31.2 Å². The van der Waals surface area contributed by atoms with Crippen LogP contribution in [0.15, 0.2) is 30.3 Å². The first-order valence-electron chi connectivity index (χ1n) is 3.95. The Labute approximate surface area is 76.0 Å². The first-order valence-corrected chi connectivity index (χ1v) is 3.95. The molecule has 3 heteroatoms. The third-order valence-electron chi connectivity index (χ3n) is 1.90. The van der Waals surface area contributed by atoms with Gasteiger partial charge in [0.1, 0.15) is 0 Å². The maximum Gasteiger partial charge on any atom is 0.372 e.